The Kier molecular flexibility index (Phi) is 4.86. The molecule has 1 aromatic carbocycles. The normalized spacial score (nSPS) is 13.1. The molecular weight excluding hydrogens is 252 g/mol. The zero-order chi connectivity index (χ0) is 13.8. The van der Waals surface area contributed by atoms with Crippen LogP contribution < -0.4 is 11.1 Å². The van der Waals surface area contributed by atoms with Crippen molar-refractivity contribution >= 4 is 21.4 Å². The molecule has 1 amide bonds. The number of rotatable bonds is 5. The Hall–Kier alpha value is -1.40. The quantitative estimate of drug-likeness (QED) is 0.835. The first-order valence-corrected chi connectivity index (χ1v) is 7.52. The number of amides is 1. The predicted molar refractivity (Wildman–Crippen MR) is 71.0 cm³/mol. The van der Waals surface area contributed by atoms with E-state index in [2.05, 4.69) is 5.32 Å². The van der Waals surface area contributed by atoms with Gasteiger partial charge in [0, 0.05) is 18.4 Å². The summed E-state index contributed by atoms with van der Waals surface area (Å²) in [5.41, 5.74) is 6.01. The summed E-state index contributed by atoms with van der Waals surface area (Å²) in [6, 6.07) is 6.08. The molecule has 0 aliphatic rings. The topological polar surface area (TPSA) is 89.3 Å². The molecule has 6 heteroatoms. The van der Waals surface area contributed by atoms with E-state index in [1.54, 1.807) is 12.1 Å². The summed E-state index contributed by atoms with van der Waals surface area (Å²) in [5, 5.41) is 2.70. The first-order valence-electron chi connectivity index (χ1n) is 5.63. The molecule has 0 radical (unpaired) electrons. The second kappa shape index (κ2) is 5.97. The van der Waals surface area contributed by atoms with Crippen LogP contribution in [0.4, 0.5) is 5.69 Å². The van der Waals surface area contributed by atoms with Gasteiger partial charge in [-0.15, -0.1) is 0 Å². The highest BCUT2D eigenvalue weighted by Crippen LogP contribution is 2.14. The summed E-state index contributed by atoms with van der Waals surface area (Å²) in [6.07, 6.45) is 1.49. The number of hydrogen-bond donors (Lipinski definition) is 2. The van der Waals surface area contributed by atoms with Crippen LogP contribution in [0.15, 0.2) is 29.2 Å². The average Bonchev–Trinajstić information content (AvgIpc) is 2.28. The lowest BCUT2D eigenvalue weighted by atomic mass is 10.1. The van der Waals surface area contributed by atoms with Gasteiger partial charge in [0.1, 0.15) is 0 Å². The van der Waals surface area contributed by atoms with Crippen molar-refractivity contribution in [1.82, 2.24) is 0 Å². The second-order valence-electron chi connectivity index (χ2n) is 4.39. The molecule has 0 saturated carbocycles. The first kappa shape index (κ1) is 14.7. The Morgan fingerprint density at radius 1 is 1.33 bits per heavy atom. The van der Waals surface area contributed by atoms with Crippen LogP contribution in [0, 0.1) is 5.92 Å². The molecule has 1 rings (SSSR count). The maximum Gasteiger partial charge on any atom is 0.224 e. The summed E-state index contributed by atoms with van der Waals surface area (Å²) < 4.78 is 22.5. The third-order valence-electron chi connectivity index (χ3n) is 2.50. The summed E-state index contributed by atoms with van der Waals surface area (Å²) in [5.74, 6) is 0.000323. The van der Waals surface area contributed by atoms with Crippen molar-refractivity contribution < 1.29 is 13.2 Å². The smallest absolute Gasteiger partial charge is 0.224 e. The van der Waals surface area contributed by atoms with Gasteiger partial charge in [-0.1, -0.05) is 6.92 Å². The van der Waals surface area contributed by atoms with E-state index in [-0.39, 0.29) is 16.7 Å². The molecule has 3 N–H and O–H groups in total. The number of sulfone groups is 1. The van der Waals surface area contributed by atoms with Crippen LogP contribution in [0.25, 0.3) is 0 Å². The number of nitrogens with two attached hydrogens (primary N) is 1. The highest BCUT2D eigenvalue weighted by Gasteiger charge is 2.09. The van der Waals surface area contributed by atoms with Gasteiger partial charge < -0.3 is 11.1 Å². The highest BCUT2D eigenvalue weighted by molar-refractivity contribution is 7.90. The number of nitrogens with one attached hydrogen (secondary N) is 1. The third-order valence-corrected chi connectivity index (χ3v) is 3.63. The minimum atomic E-state index is -3.20. The van der Waals surface area contributed by atoms with Crippen LogP contribution in [0.5, 0.6) is 0 Å². The fraction of sp³-hybridized carbons (Fsp3) is 0.417. The monoisotopic (exact) mass is 270 g/mol. The van der Waals surface area contributed by atoms with Gasteiger partial charge in [-0.05, 0) is 36.7 Å². The van der Waals surface area contributed by atoms with E-state index in [0.29, 0.717) is 18.7 Å². The van der Waals surface area contributed by atoms with Gasteiger partial charge in [-0.25, -0.2) is 8.42 Å². The zero-order valence-electron chi connectivity index (χ0n) is 10.5. The number of carbonyl (C=O) groups is 1. The molecule has 18 heavy (non-hydrogen) atoms. The van der Waals surface area contributed by atoms with E-state index in [0.717, 1.165) is 6.26 Å². The molecule has 0 fully saturated rings. The lowest BCUT2D eigenvalue weighted by Gasteiger charge is -2.09. The Labute approximate surface area is 107 Å². The lowest BCUT2D eigenvalue weighted by Crippen LogP contribution is -2.20. The van der Waals surface area contributed by atoms with Crippen LogP contribution in [0.1, 0.15) is 13.3 Å². The fourth-order valence-electron chi connectivity index (χ4n) is 1.40. The molecule has 5 nitrogen and oxygen atoms in total. The Morgan fingerprint density at radius 2 is 1.89 bits per heavy atom. The standard InChI is InChI=1S/C12H18N2O3S/c1-9(8-13)7-12(15)14-10-3-5-11(6-4-10)18(2,16)17/h3-6,9H,7-8,13H2,1-2H3,(H,14,15). The lowest BCUT2D eigenvalue weighted by molar-refractivity contribution is -0.116. The molecular formula is C12H18N2O3S. The SMILES string of the molecule is CC(CN)CC(=O)Nc1ccc(S(C)(=O)=O)cc1. The zero-order valence-corrected chi connectivity index (χ0v) is 11.3. The first-order chi connectivity index (χ1) is 8.32. The van der Waals surface area contributed by atoms with E-state index in [9.17, 15) is 13.2 Å². The van der Waals surface area contributed by atoms with Crippen molar-refractivity contribution in [2.24, 2.45) is 11.7 Å². The Morgan fingerprint density at radius 3 is 2.33 bits per heavy atom. The van der Waals surface area contributed by atoms with Gasteiger partial charge in [0.2, 0.25) is 5.91 Å². The van der Waals surface area contributed by atoms with Crippen molar-refractivity contribution in [1.29, 1.82) is 0 Å². The summed E-state index contributed by atoms with van der Waals surface area (Å²) >= 11 is 0. The van der Waals surface area contributed by atoms with Gasteiger partial charge in [-0.3, -0.25) is 4.79 Å². The van der Waals surface area contributed by atoms with E-state index in [1.807, 2.05) is 6.92 Å². The highest BCUT2D eigenvalue weighted by atomic mass is 32.2. The van der Waals surface area contributed by atoms with Crippen LogP contribution >= 0.6 is 0 Å². The molecule has 0 aliphatic heterocycles. The molecule has 100 valence electrons. The minimum absolute atomic E-state index is 0.125. The van der Waals surface area contributed by atoms with Gasteiger partial charge in [0.05, 0.1) is 4.90 Å². The molecule has 0 spiro atoms. The largest absolute Gasteiger partial charge is 0.330 e. The fourth-order valence-corrected chi connectivity index (χ4v) is 2.03. The van der Waals surface area contributed by atoms with E-state index >= 15 is 0 Å². The molecule has 0 heterocycles. The van der Waals surface area contributed by atoms with Gasteiger partial charge >= 0.3 is 0 Å². The second-order valence-corrected chi connectivity index (χ2v) is 6.41. The summed E-state index contributed by atoms with van der Waals surface area (Å²) in [7, 11) is -3.20. The van der Waals surface area contributed by atoms with Crippen molar-refractivity contribution in [3.05, 3.63) is 24.3 Å². The van der Waals surface area contributed by atoms with Crippen LogP contribution in [-0.2, 0) is 14.6 Å². The van der Waals surface area contributed by atoms with Crippen LogP contribution in [0.2, 0.25) is 0 Å². The molecule has 0 saturated heterocycles. The van der Waals surface area contributed by atoms with E-state index < -0.39 is 9.84 Å². The average molecular weight is 270 g/mol. The molecule has 1 unspecified atom stereocenters. The maximum absolute atomic E-state index is 11.6. The molecule has 1 atom stereocenters. The third kappa shape index (κ3) is 4.46. The van der Waals surface area contributed by atoms with Crippen molar-refractivity contribution in [2.45, 2.75) is 18.2 Å². The van der Waals surface area contributed by atoms with E-state index in [1.165, 1.54) is 12.1 Å². The molecule has 0 aliphatic carbocycles. The molecule has 0 bridgehead atoms. The van der Waals surface area contributed by atoms with Gasteiger partial charge in [-0.2, -0.15) is 0 Å². The predicted octanol–water partition coefficient (Wildman–Crippen LogP) is 1.01. The van der Waals surface area contributed by atoms with Gasteiger partial charge in [0.15, 0.2) is 9.84 Å². The Balaban J connectivity index is 2.67. The van der Waals surface area contributed by atoms with E-state index in [4.69, 9.17) is 5.73 Å². The van der Waals surface area contributed by atoms with Crippen molar-refractivity contribution in [2.75, 3.05) is 18.1 Å². The summed E-state index contributed by atoms with van der Waals surface area (Å²) in [6.45, 7) is 2.35. The number of benzene rings is 1. The van der Waals surface area contributed by atoms with Crippen molar-refractivity contribution in [3.63, 3.8) is 0 Å². The Bertz CT molecular complexity index is 509. The van der Waals surface area contributed by atoms with Crippen molar-refractivity contribution in [3.8, 4) is 0 Å². The molecule has 1 aromatic rings. The number of carbonyl (C=O) groups excluding carboxylic acids is 1. The van der Waals surface area contributed by atoms with Crippen LogP contribution in [0.3, 0.4) is 0 Å². The number of anilines is 1. The molecule has 0 aromatic heterocycles. The minimum Gasteiger partial charge on any atom is -0.330 e. The maximum atomic E-state index is 11.6. The summed E-state index contributed by atoms with van der Waals surface area (Å²) in [4.78, 5) is 11.8. The van der Waals surface area contributed by atoms with Gasteiger partial charge in [0.25, 0.3) is 0 Å². The number of hydrogen-bond acceptors (Lipinski definition) is 4. The van der Waals surface area contributed by atoms with Crippen LogP contribution in [-0.4, -0.2) is 27.1 Å².